The number of rotatable bonds is 16. The number of amides is 4. The van der Waals surface area contributed by atoms with Crippen LogP contribution in [0.2, 0.25) is 0 Å². The minimum Gasteiger partial charge on any atom is -0.508 e. The van der Waals surface area contributed by atoms with E-state index in [9.17, 15) is 34.2 Å². The van der Waals surface area contributed by atoms with Gasteiger partial charge in [0.15, 0.2) is 5.96 Å². The van der Waals surface area contributed by atoms with Crippen LogP contribution in [0.4, 0.5) is 0 Å². The minimum absolute atomic E-state index is 0.00508. The fourth-order valence-corrected chi connectivity index (χ4v) is 3.22. The van der Waals surface area contributed by atoms with E-state index in [2.05, 4.69) is 20.9 Å². The predicted octanol–water partition coefficient (Wildman–Crippen LogP) is -2.86. The number of primary amides is 1. The van der Waals surface area contributed by atoms with Gasteiger partial charge in [-0.25, -0.2) is 4.79 Å². The fourth-order valence-electron chi connectivity index (χ4n) is 3.22. The summed E-state index contributed by atoms with van der Waals surface area (Å²) in [5.74, 6) is -4.28. The van der Waals surface area contributed by atoms with Crippen molar-refractivity contribution in [3.05, 3.63) is 29.8 Å². The number of aromatic hydroxyl groups is 1. The number of hydrogen-bond acceptors (Lipinski definition) is 8. The second-order valence-electron chi connectivity index (χ2n) is 8.62. The first-order chi connectivity index (χ1) is 17.8. The van der Waals surface area contributed by atoms with Crippen LogP contribution in [0, 0.1) is 0 Å². The molecule has 0 fully saturated rings. The van der Waals surface area contributed by atoms with Crippen LogP contribution < -0.4 is 38.9 Å². The molecule has 0 heterocycles. The molecule has 1 aromatic rings. The number of nitrogens with two attached hydrogens (primary N) is 4. The normalized spacial score (nSPS) is 13.7. The van der Waals surface area contributed by atoms with Gasteiger partial charge in [0.2, 0.25) is 23.6 Å². The first kappa shape index (κ1) is 31.6. The average Bonchev–Trinajstić information content (AvgIpc) is 2.84. The standard InChI is InChI=1S/C23H36N8O7/c1-12(29-20(35)15(24)8-9-18(25)33)19(34)31-17(11-13-4-6-14(32)7-5-13)21(36)30-16(22(37)38)3-2-10-28-23(26)27/h4-7,12,15-17,32H,2-3,8-11,24H2,1H3,(H2,25,33)(H,29,35)(H,30,36)(H,31,34)(H,37,38)(H4,26,27,28). The molecule has 0 spiro atoms. The van der Waals surface area contributed by atoms with Gasteiger partial charge < -0.3 is 49.1 Å². The number of guanidine groups is 1. The summed E-state index contributed by atoms with van der Waals surface area (Å²) in [5, 5.41) is 26.4. The molecule has 15 nitrogen and oxygen atoms in total. The first-order valence-electron chi connectivity index (χ1n) is 11.8. The van der Waals surface area contributed by atoms with Crippen LogP contribution in [0.25, 0.3) is 0 Å². The summed E-state index contributed by atoms with van der Waals surface area (Å²) in [5.41, 5.74) is 21.8. The molecule has 4 amide bonds. The number of carbonyl (C=O) groups is 5. The lowest BCUT2D eigenvalue weighted by Crippen LogP contribution is -2.57. The van der Waals surface area contributed by atoms with Gasteiger partial charge in [0, 0.05) is 19.4 Å². The minimum atomic E-state index is -1.29. The Hall–Kier alpha value is -4.40. The van der Waals surface area contributed by atoms with Gasteiger partial charge in [-0.2, -0.15) is 0 Å². The molecule has 0 radical (unpaired) electrons. The highest BCUT2D eigenvalue weighted by atomic mass is 16.4. The fraction of sp³-hybridized carbons (Fsp3) is 0.478. The smallest absolute Gasteiger partial charge is 0.326 e. The van der Waals surface area contributed by atoms with Crippen molar-refractivity contribution in [2.24, 2.45) is 27.9 Å². The summed E-state index contributed by atoms with van der Waals surface area (Å²) < 4.78 is 0. The average molecular weight is 537 g/mol. The highest BCUT2D eigenvalue weighted by Gasteiger charge is 2.29. The van der Waals surface area contributed by atoms with E-state index < -0.39 is 53.8 Å². The van der Waals surface area contributed by atoms with Gasteiger partial charge in [-0.3, -0.25) is 24.2 Å². The molecule has 4 unspecified atom stereocenters. The van der Waals surface area contributed by atoms with Crippen molar-refractivity contribution in [2.45, 2.75) is 63.2 Å². The second-order valence-corrected chi connectivity index (χ2v) is 8.62. The van der Waals surface area contributed by atoms with Gasteiger partial charge in [-0.15, -0.1) is 0 Å². The Morgan fingerprint density at radius 3 is 2.05 bits per heavy atom. The van der Waals surface area contributed by atoms with Crippen LogP contribution in [0.3, 0.4) is 0 Å². The first-order valence-corrected chi connectivity index (χ1v) is 11.8. The van der Waals surface area contributed by atoms with Gasteiger partial charge >= 0.3 is 5.97 Å². The zero-order chi connectivity index (χ0) is 28.8. The van der Waals surface area contributed by atoms with E-state index in [1.54, 1.807) is 0 Å². The number of hydrogen-bond donors (Lipinski definition) is 9. The van der Waals surface area contributed by atoms with Gasteiger partial charge in [0.25, 0.3) is 0 Å². The van der Waals surface area contributed by atoms with Crippen LogP contribution in [0.1, 0.15) is 38.2 Å². The number of aliphatic carboxylic acids is 1. The van der Waals surface area contributed by atoms with Crippen LogP contribution in [0.5, 0.6) is 5.75 Å². The zero-order valence-electron chi connectivity index (χ0n) is 21.1. The number of nitrogens with zero attached hydrogens (tertiary/aromatic N) is 1. The number of benzene rings is 1. The molecule has 38 heavy (non-hydrogen) atoms. The van der Waals surface area contributed by atoms with Gasteiger partial charge in [-0.1, -0.05) is 12.1 Å². The molecule has 4 atom stereocenters. The molecular formula is C23H36N8O7. The Morgan fingerprint density at radius 2 is 1.50 bits per heavy atom. The lowest BCUT2D eigenvalue weighted by atomic mass is 10.0. The Labute approximate surface area is 219 Å². The summed E-state index contributed by atoms with van der Waals surface area (Å²) in [6.45, 7) is 1.53. The number of nitrogens with one attached hydrogen (secondary N) is 3. The van der Waals surface area contributed by atoms with Crippen LogP contribution in [-0.2, 0) is 30.4 Å². The van der Waals surface area contributed by atoms with Crippen molar-refractivity contribution in [1.82, 2.24) is 16.0 Å². The van der Waals surface area contributed by atoms with Crippen LogP contribution in [-0.4, -0.2) is 76.5 Å². The maximum atomic E-state index is 13.1. The number of aliphatic imine (C=N–C) groups is 1. The zero-order valence-corrected chi connectivity index (χ0v) is 21.1. The lowest BCUT2D eigenvalue weighted by Gasteiger charge is -2.24. The number of phenols is 1. The molecule has 1 aromatic carbocycles. The number of carboxylic acids is 1. The molecule has 0 aromatic heterocycles. The Morgan fingerprint density at radius 1 is 0.895 bits per heavy atom. The van der Waals surface area contributed by atoms with Gasteiger partial charge in [0.05, 0.1) is 6.04 Å². The maximum absolute atomic E-state index is 13.1. The number of carboxylic acid groups (broad SMARTS) is 1. The van der Waals surface area contributed by atoms with Crippen molar-refractivity contribution < 1.29 is 34.2 Å². The molecule has 0 saturated carbocycles. The molecule has 0 aliphatic carbocycles. The topological polar surface area (TPSA) is 278 Å². The van der Waals surface area contributed by atoms with Crippen molar-refractivity contribution in [3.63, 3.8) is 0 Å². The summed E-state index contributed by atoms with van der Waals surface area (Å²) in [7, 11) is 0. The van der Waals surface area contributed by atoms with Crippen molar-refractivity contribution in [3.8, 4) is 5.75 Å². The molecule has 0 bridgehead atoms. The summed E-state index contributed by atoms with van der Waals surface area (Å²) in [4.78, 5) is 64.5. The number of phenolic OH excluding ortho intramolecular Hbond substituents is 1. The van der Waals surface area contributed by atoms with E-state index >= 15 is 0 Å². The largest absolute Gasteiger partial charge is 0.508 e. The highest BCUT2D eigenvalue weighted by molar-refractivity contribution is 5.94. The molecule has 0 aliphatic rings. The summed E-state index contributed by atoms with van der Waals surface area (Å²) in [6.07, 6.45) is 0.121. The van der Waals surface area contributed by atoms with E-state index in [4.69, 9.17) is 22.9 Å². The van der Waals surface area contributed by atoms with Gasteiger partial charge in [0.1, 0.15) is 23.9 Å². The summed E-state index contributed by atoms with van der Waals surface area (Å²) in [6, 6.07) is 1.16. The molecule has 210 valence electrons. The Bertz CT molecular complexity index is 1010. The molecule has 0 saturated heterocycles. The molecule has 13 N–H and O–H groups in total. The second kappa shape index (κ2) is 15.7. The molecule has 15 heteroatoms. The third-order valence-corrected chi connectivity index (χ3v) is 5.36. The molecular weight excluding hydrogens is 500 g/mol. The quantitative estimate of drug-likeness (QED) is 0.0591. The van der Waals surface area contributed by atoms with Crippen LogP contribution >= 0.6 is 0 Å². The Balaban J connectivity index is 2.94. The third-order valence-electron chi connectivity index (χ3n) is 5.36. The third kappa shape index (κ3) is 12.0. The molecule has 0 aliphatic heterocycles. The van der Waals surface area contributed by atoms with E-state index in [1.165, 1.54) is 31.2 Å². The summed E-state index contributed by atoms with van der Waals surface area (Å²) >= 11 is 0. The monoisotopic (exact) mass is 536 g/mol. The van der Waals surface area contributed by atoms with Crippen molar-refractivity contribution >= 4 is 35.6 Å². The Kier molecular flexibility index (Phi) is 13.0. The van der Waals surface area contributed by atoms with E-state index in [0.29, 0.717) is 5.56 Å². The van der Waals surface area contributed by atoms with Crippen LogP contribution in [0.15, 0.2) is 29.3 Å². The van der Waals surface area contributed by atoms with E-state index in [1.807, 2.05) is 0 Å². The SMILES string of the molecule is CC(NC(=O)C(N)CCC(N)=O)C(=O)NC(Cc1ccc(O)cc1)C(=O)NC(CCCN=C(N)N)C(=O)O. The molecule has 1 rings (SSSR count). The lowest BCUT2D eigenvalue weighted by molar-refractivity contribution is -0.142. The highest BCUT2D eigenvalue weighted by Crippen LogP contribution is 2.12. The maximum Gasteiger partial charge on any atom is 0.326 e. The predicted molar refractivity (Wildman–Crippen MR) is 137 cm³/mol. The van der Waals surface area contributed by atoms with Crippen molar-refractivity contribution in [1.29, 1.82) is 0 Å². The van der Waals surface area contributed by atoms with E-state index in [0.717, 1.165) is 0 Å². The number of carbonyl (C=O) groups excluding carboxylic acids is 4. The van der Waals surface area contributed by atoms with Crippen molar-refractivity contribution in [2.75, 3.05) is 6.54 Å². The van der Waals surface area contributed by atoms with Gasteiger partial charge in [-0.05, 0) is 43.9 Å². The van der Waals surface area contributed by atoms with E-state index in [-0.39, 0.29) is 50.4 Å².